The fourth-order valence-corrected chi connectivity index (χ4v) is 1.36. The Morgan fingerprint density at radius 1 is 0.800 bits per heavy atom. The number of carboxylic acids is 2. The predicted octanol–water partition coefficient (Wildman–Crippen LogP) is 2.78. The van der Waals surface area contributed by atoms with E-state index >= 15 is 0 Å². The van der Waals surface area contributed by atoms with Crippen molar-refractivity contribution in [1.82, 2.24) is 0 Å². The lowest BCUT2D eigenvalue weighted by molar-refractivity contribution is -0.138. The molecule has 0 amide bonds. The molecule has 0 saturated carbocycles. The lowest BCUT2D eigenvalue weighted by Crippen LogP contribution is -2.11. The summed E-state index contributed by atoms with van der Waals surface area (Å²) in [6.07, 6.45) is 1.11. The fourth-order valence-electron chi connectivity index (χ4n) is 1.36. The molecule has 0 aliphatic heterocycles. The van der Waals surface area contributed by atoms with E-state index in [-0.39, 0.29) is 12.8 Å². The van der Waals surface area contributed by atoms with Gasteiger partial charge in [-0.05, 0) is 52.4 Å². The number of hydrogen-bond acceptors (Lipinski definition) is 2. The quantitative estimate of drug-likeness (QED) is 0.733. The van der Waals surface area contributed by atoms with Gasteiger partial charge in [-0.1, -0.05) is 11.8 Å². The average molecular weight is 278 g/mol. The molecule has 0 radical (unpaired) electrons. The number of carbonyl (C=O) groups is 2. The average Bonchev–Trinajstić information content (AvgIpc) is 2.30. The topological polar surface area (TPSA) is 74.6 Å². The second kappa shape index (κ2) is 7.60. The Morgan fingerprint density at radius 3 is 1.35 bits per heavy atom. The Morgan fingerprint density at radius 2 is 1.10 bits per heavy atom. The Kier molecular flexibility index (Phi) is 6.86. The third-order valence-electron chi connectivity index (χ3n) is 2.79. The van der Waals surface area contributed by atoms with E-state index in [1.165, 1.54) is 0 Å². The SMILES string of the molecule is CC(C)(C#CC#CC(C)(C)CCC(=O)O)CCC(=O)O. The summed E-state index contributed by atoms with van der Waals surface area (Å²) in [5.41, 5.74) is -0.781. The van der Waals surface area contributed by atoms with Crippen LogP contribution in [0.5, 0.6) is 0 Å². The van der Waals surface area contributed by atoms with Crippen molar-refractivity contribution in [2.45, 2.75) is 53.4 Å². The van der Waals surface area contributed by atoms with Gasteiger partial charge in [0.05, 0.1) is 0 Å². The van der Waals surface area contributed by atoms with Gasteiger partial charge >= 0.3 is 11.9 Å². The van der Waals surface area contributed by atoms with E-state index in [9.17, 15) is 9.59 Å². The number of aliphatic carboxylic acids is 2. The Balaban J connectivity index is 4.54. The number of carboxylic acid groups (broad SMARTS) is 2. The van der Waals surface area contributed by atoms with Gasteiger partial charge in [0, 0.05) is 23.7 Å². The van der Waals surface area contributed by atoms with E-state index in [0.29, 0.717) is 12.8 Å². The standard InChI is InChI=1S/C16H22O4/c1-15(2,11-7-13(17)18)9-5-6-10-16(3,4)12-8-14(19)20/h7-8,11-12H2,1-4H3,(H,17,18)(H,19,20). The van der Waals surface area contributed by atoms with Gasteiger partial charge in [-0.25, -0.2) is 0 Å². The van der Waals surface area contributed by atoms with Gasteiger partial charge in [0.25, 0.3) is 0 Å². The molecule has 4 heteroatoms. The smallest absolute Gasteiger partial charge is 0.303 e. The van der Waals surface area contributed by atoms with Gasteiger partial charge in [-0.3, -0.25) is 9.59 Å². The van der Waals surface area contributed by atoms with E-state index in [1.54, 1.807) is 0 Å². The minimum atomic E-state index is -0.833. The monoisotopic (exact) mass is 278 g/mol. The highest BCUT2D eigenvalue weighted by atomic mass is 16.4. The van der Waals surface area contributed by atoms with Gasteiger partial charge in [-0.15, -0.1) is 0 Å². The molecule has 0 rings (SSSR count). The van der Waals surface area contributed by atoms with Gasteiger partial charge < -0.3 is 10.2 Å². The second-order valence-electron chi connectivity index (χ2n) is 6.06. The van der Waals surface area contributed by atoms with Crippen LogP contribution in [0, 0.1) is 34.5 Å². The molecule has 110 valence electrons. The third kappa shape index (κ3) is 10.0. The normalized spacial score (nSPS) is 10.8. The maximum absolute atomic E-state index is 10.5. The van der Waals surface area contributed by atoms with Crippen molar-refractivity contribution in [1.29, 1.82) is 0 Å². The van der Waals surface area contributed by atoms with E-state index in [4.69, 9.17) is 10.2 Å². The fraction of sp³-hybridized carbons (Fsp3) is 0.625. The summed E-state index contributed by atoms with van der Waals surface area (Å²) in [6.45, 7) is 7.50. The van der Waals surface area contributed by atoms with Crippen LogP contribution in [0.15, 0.2) is 0 Å². The first-order valence-corrected chi connectivity index (χ1v) is 6.52. The van der Waals surface area contributed by atoms with E-state index in [1.807, 2.05) is 27.7 Å². The molecule has 4 nitrogen and oxygen atoms in total. The van der Waals surface area contributed by atoms with Gasteiger partial charge in [0.2, 0.25) is 0 Å². The Bertz CT molecular complexity index is 432. The lowest BCUT2D eigenvalue weighted by Gasteiger charge is -2.15. The Hall–Kier alpha value is -1.94. The third-order valence-corrected chi connectivity index (χ3v) is 2.79. The molecule has 0 bridgehead atoms. The largest absolute Gasteiger partial charge is 0.481 e. The highest BCUT2D eigenvalue weighted by Crippen LogP contribution is 2.21. The first kappa shape index (κ1) is 18.1. The van der Waals surface area contributed by atoms with Crippen LogP contribution in [-0.2, 0) is 9.59 Å². The molecule has 0 heterocycles. The summed E-state index contributed by atoms with van der Waals surface area (Å²) in [5.74, 6) is 9.72. The molecule has 2 N–H and O–H groups in total. The second-order valence-corrected chi connectivity index (χ2v) is 6.06. The van der Waals surface area contributed by atoms with Crippen molar-refractivity contribution in [3.05, 3.63) is 0 Å². The van der Waals surface area contributed by atoms with Crippen LogP contribution in [0.2, 0.25) is 0 Å². The van der Waals surface area contributed by atoms with Crippen LogP contribution in [-0.4, -0.2) is 22.2 Å². The molecule has 0 aromatic carbocycles. The maximum Gasteiger partial charge on any atom is 0.303 e. The first-order chi connectivity index (χ1) is 9.04. The van der Waals surface area contributed by atoms with Crippen molar-refractivity contribution < 1.29 is 19.8 Å². The van der Waals surface area contributed by atoms with Crippen LogP contribution in [0.1, 0.15) is 53.4 Å². The van der Waals surface area contributed by atoms with Gasteiger partial charge in [0.15, 0.2) is 0 Å². The van der Waals surface area contributed by atoms with Crippen molar-refractivity contribution in [2.24, 2.45) is 10.8 Å². The van der Waals surface area contributed by atoms with Crippen molar-refractivity contribution in [2.75, 3.05) is 0 Å². The molecule has 20 heavy (non-hydrogen) atoms. The number of rotatable bonds is 6. The van der Waals surface area contributed by atoms with Crippen molar-refractivity contribution in [3.63, 3.8) is 0 Å². The lowest BCUT2D eigenvalue weighted by atomic mass is 9.87. The van der Waals surface area contributed by atoms with Crippen LogP contribution in [0.4, 0.5) is 0 Å². The number of hydrogen-bond donors (Lipinski definition) is 2. The summed E-state index contributed by atoms with van der Waals surface area (Å²) >= 11 is 0. The minimum Gasteiger partial charge on any atom is -0.481 e. The summed E-state index contributed by atoms with van der Waals surface area (Å²) in [5, 5.41) is 17.3. The molecular weight excluding hydrogens is 256 g/mol. The zero-order valence-electron chi connectivity index (χ0n) is 12.5. The first-order valence-electron chi connectivity index (χ1n) is 6.52. The summed E-state index contributed by atoms with van der Waals surface area (Å²) < 4.78 is 0. The molecule has 0 aliphatic carbocycles. The van der Waals surface area contributed by atoms with E-state index in [2.05, 4.69) is 23.7 Å². The molecule has 0 spiro atoms. The highest BCUT2D eigenvalue weighted by molar-refractivity contribution is 5.67. The van der Waals surface area contributed by atoms with Gasteiger partial charge in [0.1, 0.15) is 0 Å². The zero-order chi connectivity index (χ0) is 15.8. The molecule has 0 aromatic rings. The Labute approximate surface area is 120 Å². The van der Waals surface area contributed by atoms with Crippen molar-refractivity contribution >= 4 is 11.9 Å². The van der Waals surface area contributed by atoms with Crippen molar-refractivity contribution in [3.8, 4) is 23.7 Å². The maximum atomic E-state index is 10.5. The van der Waals surface area contributed by atoms with Crippen LogP contribution in [0.25, 0.3) is 0 Å². The molecule has 0 atom stereocenters. The molecule has 0 unspecified atom stereocenters. The van der Waals surface area contributed by atoms with Crippen LogP contribution in [0.3, 0.4) is 0 Å². The van der Waals surface area contributed by atoms with E-state index in [0.717, 1.165) is 0 Å². The summed E-state index contributed by atoms with van der Waals surface area (Å²) in [6, 6.07) is 0. The molecule has 0 aromatic heterocycles. The molecular formula is C16H22O4. The van der Waals surface area contributed by atoms with Crippen LogP contribution < -0.4 is 0 Å². The molecule has 0 saturated heterocycles. The summed E-state index contributed by atoms with van der Waals surface area (Å²) in [7, 11) is 0. The zero-order valence-corrected chi connectivity index (χ0v) is 12.5. The minimum absolute atomic E-state index is 0.0826. The van der Waals surface area contributed by atoms with Gasteiger partial charge in [-0.2, -0.15) is 0 Å². The highest BCUT2D eigenvalue weighted by Gasteiger charge is 2.17. The molecule has 0 fully saturated rings. The predicted molar refractivity (Wildman–Crippen MR) is 76.9 cm³/mol. The van der Waals surface area contributed by atoms with E-state index < -0.39 is 22.8 Å². The van der Waals surface area contributed by atoms with Crippen LogP contribution >= 0.6 is 0 Å². The molecule has 0 aliphatic rings. The summed E-state index contributed by atoms with van der Waals surface area (Å²) in [4.78, 5) is 21.0.